The molecule has 0 radical (unpaired) electrons. The van der Waals surface area contributed by atoms with Crippen LogP contribution in [0.2, 0.25) is 0 Å². The van der Waals surface area contributed by atoms with E-state index in [-0.39, 0.29) is 17.8 Å². The number of benzene rings is 3. The van der Waals surface area contributed by atoms with Crippen molar-refractivity contribution >= 4 is 0 Å². The zero-order valence-corrected chi connectivity index (χ0v) is 17.1. The summed E-state index contributed by atoms with van der Waals surface area (Å²) in [5.74, 6) is 0. The molecule has 3 rings (SSSR count). The molecule has 0 aromatic heterocycles. The Labute approximate surface area is 170 Å². The van der Waals surface area contributed by atoms with Gasteiger partial charge in [0.1, 0.15) is 0 Å². The van der Waals surface area contributed by atoms with Crippen molar-refractivity contribution in [2.24, 2.45) is 0 Å². The number of halogens is 1. The third-order valence-electron chi connectivity index (χ3n) is 5.53. The van der Waals surface area contributed by atoms with Gasteiger partial charge in [-0.25, -0.2) is 0 Å². The number of hydrogen-bond donors (Lipinski definition) is 1. The lowest BCUT2D eigenvalue weighted by Crippen LogP contribution is -3.00. The first kappa shape index (κ1) is 21.2. The summed E-state index contributed by atoms with van der Waals surface area (Å²) in [4.78, 5) is 0. The van der Waals surface area contributed by atoms with Crippen LogP contribution in [0.1, 0.15) is 37.0 Å². The second kappa shape index (κ2) is 10.3. The lowest BCUT2D eigenvalue weighted by atomic mass is 9.72. The summed E-state index contributed by atoms with van der Waals surface area (Å²) < 4.78 is 0. The van der Waals surface area contributed by atoms with Crippen LogP contribution in [0.4, 0.5) is 0 Å². The summed E-state index contributed by atoms with van der Waals surface area (Å²) in [7, 11) is 0. The fourth-order valence-corrected chi connectivity index (χ4v) is 3.94. The van der Waals surface area contributed by atoms with Crippen molar-refractivity contribution in [3.05, 3.63) is 108 Å². The van der Waals surface area contributed by atoms with Gasteiger partial charge in [0.15, 0.2) is 0 Å². The first-order valence-corrected chi connectivity index (χ1v) is 9.73. The Morgan fingerprint density at radius 2 is 1.19 bits per heavy atom. The van der Waals surface area contributed by atoms with Crippen LogP contribution in [0, 0.1) is 0 Å². The normalized spacial score (nSPS) is 12.2. The molecule has 0 heterocycles. The zero-order valence-electron chi connectivity index (χ0n) is 16.3. The lowest BCUT2D eigenvalue weighted by Gasteiger charge is -2.33. The molecule has 0 aliphatic carbocycles. The Hall–Kier alpha value is -2.09. The Kier molecular flexibility index (Phi) is 8.09. The summed E-state index contributed by atoms with van der Waals surface area (Å²) in [6.07, 6.45) is 2.19. The Morgan fingerprint density at radius 3 is 1.63 bits per heavy atom. The standard InChI is InChI=1S/C25H29N.ClH/c1-3-25(23-15-9-5-10-16-23,24-17-11-6-12-18-24)20-26-21(2)19-22-13-7-4-8-14-22;/h4-18,21,26H,3,19-20H2,1-2H3;1H. The predicted octanol–water partition coefficient (Wildman–Crippen LogP) is 1.58. The summed E-state index contributed by atoms with van der Waals surface area (Å²) in [6.45, 7) is 5.71. The van der Waals surface area contributed by atoms with Crippen molar-refractivity contribution in [1.29, 1.82) is 0 Å². The van der Waals surface area contributed by atoms with Gasteiger partial charge in [-0.3, -0.25) is 0 Å². The van der Waals surface area contributed by atoms with Crippen LogP contribution in [-0.4, -0.2) is 12.6 Å². The van der Waals surface area contributed by atoms with Crippen LogP contribution in [0.25, 0.3) is 0 Å². The van der Waals surface area contributed by atoms with Gasteiger partial charge < -0.3 is 17.7 Å². The minimum Gasteiger partial charge on any atom is -1.00 e. The molecule has 27 heavy (non-hydrogen) atoms. The molecule has 0 fully saturated rings. The molecule has 0 aliphatic rings. The van der Waals surface area contributed by atoms with Crippen LogP contribution in [0.3, 0.4) is 0 Å². The second-order valence-corrected chi connectivity index (χ2v) is 7.27. The number of nitrogens with two attached hydrogens (primary N) is 1. The summed E-state index contributed by atoms with van der Waals surface area (Å²) in [5, 5.41) is 2.52. The largest absolute Gasteiger partial charge is 1.00 e. The van der Waals surface area contributed by atoms with Gasteiger partial charge in [-0.05, 0) is 30.0 Å². The number of hydrogen-bond acceptors (Lipinski definition) is 0. The number of quaternary nitrogens is 1. The van der Waals surface area contributed by atoms with E-state index in [1.54, 1.807) is 0 Å². The van der Waals surface area contributed by atoms with Gasteiger partial charge in [0, 0.05) is 6.42 Å². The quantitative estimate of drug-likeness (QED) is 0.612. The third kappa shape index (κ3) is 5.22. The maximum Gasteiger partial charge on any atom is 0.0896 e. The van der Waals surface area contributed by atoms with Gasteiger partial charge in [-0.15, -0.1) is 0 Å². The SMILES string of the molecule is CCC(C[NH2+]C(C)Cc1ccccc1)(c1ccccc1)c1ccccc1.[Cl-]. The van der Waals surface area contributed by atoms with Gasteiger partial charge >= 0.3 is 0 Å². The molecule has 3 aromatic rings. The van der Waals surface area contributed by atoms with Gasteiger partial charge in [-0.1, -0.05) is 97.9 Å². The summed E-state index contributed by atoms with van der Waals surface area (Å²) in [6, 6.07) is 33.4. The van der Waals surface area contributed by atoms with Gasteiger partial charge in [0.2, 0.25) is 0 Å². The van der Waals surface area contributed by atoms with Crippen LogP contribution < -0.4 is 17.7 Å². The van der Waals surface area contributed by atoms with Crippen molar-refractivity contribution in [3.63, 3.8) is 0 Å². The van der Waals surface area contributed by atoms with E-state index in [9.17, 15) is 0 Å². The molecule has 3 aromatic carbocycles. The third-order valence-corrected chi connectivity index (χ3v) is 5.53. The lowest BCUT2D eigenvalue weighted by molar-refractivity contribution is -0.691. The average molecular weight is 380 g/mol. The summed E-state index contributed by atoms with van der Waals surface area (Å²) >= 11 is 0. The Balaban J connectivity index is 0.00000261. The molecule has 0 saturated heterocycles. The van der Waals surface area contributed by atoms with Crippen LogP contribution in [0.5, 0.6) is 0 Å². The molecule has 0 spiro atoms. The molecular weight excluding hydrogens is 350 g/mol. The Bertz CT molecular complexity index is 732. The fourth-order valence-electron chi connectivity index (χ4n) is 3.94. The van der Waals surface area contributed by atoms with E-state index in [0.29, 0.717) is 6.04 Å². The first-order valence-electron chi connectivity index (χ1n) is 9.73. The molecule has 0 bridgehead atoms. The highest BCUT2D eigenvalue weighted by Gasteiger charge is 2.34. The zero-order chi connectivity index (χ0) is 18.2. The van der Waals surface area contributed by atoms with Crippen LogP contribution in [-0.2, 0) is 11.8 Å². The van der Waals surface area contributed by atoms with E-state index in [1.165, 1.54) is 16.7 Å². The van der Waals surface area contributed by atoms with Crippen LogP contribution >= 0.6 is 0 Å². The second-order valence-electron chi connectivity index (χ2n) is 7.27. The monoisotopic (exact) mass is 379 g/mol. The van der Waals surface area contributed by atoms with Gasteiger partial charge in [0.25, 0.3) is 0 Å². The van der Waals surface area contributed by atoms with E-state index < -0.39 is 0 Å². The van der Waals surface area contributed by atoms with Crippen molar-refractivity contribution in [2.75, 3.05) is 6.54 Å². The number of rotatable bonds is 8. The molecule has 2 heteroatoms. The molecule has 1 atom stereocenters. The molecule has 142 valence electrons. The van der Waals surface area contributed by atoms with E-state index in [4.69, 9.17) is 0 Å². The molecule has 2 N–H and O–H groups in total. The topological polar surface area (TPSA) is 16.6 Å². The van der Waals surface area contributed by atoms with E-state index in [1.807, 2.05) is 0 Å². The van der Waals surface area contributed by atoms with Gasteiger partial charge in [0.05, 0.1) is 18.0 Å². The van der Waals surface area contributed by atoms with E-state index >= 15 is 0 Å². The maximum atomic E-state index is 2.52. The molecule has 0 saturated carbocycles. The van der Waals surface area contributed by atoms with E-state index in [0.717, 1.165) is 19.4 Å². The maximum absolute atomic E-state index is 2.52. The molecule has 0 amide bonds. The molecule has 1 nitrogen and oxygen atoms in total. The van der Waals surface area contributed by atoms with Gasteiger partial charge in [-0.2, -0.15) is 0 Å². The highest BCUT2D eigenvalue weighted by atomic mass is 35.5. The Morgan fingerprint density at radius 1 is 0.741 bits per heavy atom. The van der Waals surface area contributed by atoms with Crippen molar-refractivity contribution < 1.29 is 17.7 Å². The van der Waals surface area contributed by atoms with Crippen LogP contribution in [0.15, 0.2) is 91.0 Å². The fraction of sp³-hybridized carbons (Fsp3) is 0.280. The van der Waals surface area contributed by atoms with Crippen molar-refractivity contribution in [2.45, 2.75) is 38.1 Å². The average Bonchev–Trinajstić information content (AvgIpc) is 2.71. The predicted molar refractivity (Wildman–Crippen MR) is 110 cm³/mol. The van der Waals surface area contributed by atoms with Crippen molar-refractivity contribution in [1.82, 2.24) is 0 Å². The smallest absolute Gasteiger partial charge is 0.0896 e. The minimum atomic E-state index is 0. The molecule has 0 aliphatic heterocycles. The summed E-state index contributed by atoms with van der Waals surface area (Å²) in [5.41, 5.74) is 4.29. The van der Waals surface area contributed by atoms with Crippen molar-refractivity contribution in [3.8, 4) is 0 Å². The molecule has 1 unspecified atom stereocenters. The highest BCUT2D eigenvalue weighted by molar-refractivity contribution is 5.39. The van der Waals surface area contributed by atoms with E-state index in [2.05, 4.69) is 110 Å². The molecular formula is C25H30ClN. The first-order chi connectivity index (χ1) is 12.7. The highest BCUT2D eigenvalue weighted by Crippen LogP contribution is 2.34. The minimum absolute atomic E-state index is 0.